The van der Waals surface area contributed by atoms with E-state index in [2.05, 4.69) is 17.9 Å². The lowest BCUT2D eigenvalue weighted by Gasteiger charge is -2.11. The molecule has 1 amide bonds. The molecule has 1 rings (SSSR count). The zero-order valence-electron chi connectivity index (χ0n) is 7.08. The zero-order chi connectivity index (χ0) is 8.97. The highest BCUT2D eigenvalue weighted by Crippen LogP contribution is 2.12. The van der Waals surface area contributed by atoms with Gasteiger partial charge in [0.05, 0.1) is 0 Å². The maximum Gasteiger partial charge on any atom is 0.224 e. The molecule has 0 bridgehead atoms. The average molecular weight is 183 g/mol. The first-order valence-corrected chi connectivity index (χ1v) is 4.60. The Kier molecular flexibility index (Phi) is 3.41. The van der Waals surface area contributed by atoms with Crippen LogP contribution < -0.4 is 5.32 Å². The van der Waals surface area contributed by atoms with E-state index in [4.69, 9.17) is 0 Å². The number of carbonyl (C=O) groups is 1. The molecule has 0 fully saturated rings. The fraction of sp³-hybridized carbons (Fsp3) is 0.444. The normalized spacial score (nSPS) is 21.8. The molecule has 1 aliphatic rings. The van der Waals surface area contributed by atoms with E-state index in [9.17, 15) is 4.79 Å². The Labute approximate surface area is 78.1 Å². The highest BCUT2D eigenvalue weighted by atomic mass is 32.1. The standard InChI is InChI=1S/C9H13NOS/c1-2-9(11)10-7-3-5-8(12)6-4-7/h3-5,8,12H,2,6H2,1H3,(H,10,11). The van der Waals surface area contributed by atoms with Crippen molar-refractivity contribution >= 4 is 18.5 Å². The van der Waals surface area contributed by atoms with Gasteiger partial charge in [-0.25, -0.2) is 0 Å². The first kappa shape index (κ1) is 9.39. The quantitative estimate of drug-likeness (QED) is 0.626. The van der Waals surface area contributed by atoms with E-state index in [0.717, 1.165) is 12.1 Å². The lowest BCUT2D eigenvalue weighted by atomic mass is 10.1. The van der Waals surface area contributed by atoms with E-state index in [1.54, 1.807) is 0 Å². The lowest BCUT2D eigenvalue weighted by molar-refractivity contribution is -0.120. The molecule has 1 N–H and O–H groups in total. The molecule has 0 radical (unpaired) electrons. The van der Waals surface area contributed by atoms with Crippen LogP contribution in [0.15, 0.2) is 23.9 Å². The number of amides is 1. The second-order valence-corrected chi connectivity index (χ2v) is 3.39. The molecule has 3 heteroatoms. The van der Waals surface area contributed by atoms with Crippen LogP contribution in [-0.2, 0) is 4.79 Å². The smallest absolute Gasteiger partial charge is 0.224 e. The zero-order valence-corrected chi connectivity index (χ0v) is 7.97. The minimum absolute atomic E-state index is 0.0588. The molecule has 1 aliphatic carbocycles. The predicted molar refractivity (Wildman–Crippen MR) is 53.0 cm³/mol. The maximum atomic E-state index is 11.0. The van der Waals surface area contributed by atoms with Crippen LogP contribution >= 0.6 is 12.6 Å². The Morgan fingerprint density at radius 3 is 3.08 bits per heavy atom. The fourth-order valence-corrected chi connectivity index (χ4v) is 1.14. The summed E-state index contributed by atoms with van der Waals surface area (Å²) in [6.07, 6.45) is 7.28. The van der Waals surface area contributed by atoms with Crippen molar-refractivity contribution in [2.75, 3.05) is 0 Å². The average Bonchev–Trinajstić information content (AvgIpc) is 2.09. The summed E-state index contributed by atoms with van der Waals surface area (Å²) in [6.45, 7) is 1.84. The first-order chi connectivity index (χ1) is 5.72. The summed E-state index contributed by atoms with van der Waals surface area (Å²) in [5, 5.41) is 3.09. The van der Waals surface area contributed by atoms with Gasteiger partial charge in [0.1, 0.15) is 0 Å². The first-order valence-electron chi connectivity index (χ1n) is 4.08. The van der Waals surface area contributed by atoms with Gasteiger partial charge in [-0.05, 0) is 12.5 Å². The summed E-state index contributed by atoms with van der Waals surface area (Å²) in [6, 6.07) is 0. The fourth-order valence-electron chi connectivity index (χ4n) is 0.951. The summed E-state index contributed by atoms with van der Waals surface area (Å²) in [5.41, 5.74) is 0.896. The van der Waals surface area contributed by atoms with Gasteiger partial charge in [0.25, 0.3) is 0 Å². The number of hydrogen-bond donors (Lipinski definition) is 2. The minimum Gasteiger partial charge on any atom is -0.326 e. The lowest BCUT2D eigenvalue weighted by Crippen LogP contribution is -2.21. The highest BCUT2D eigenvalue weighted by Gasteiger charge is 2.05. The van der Waals surface area contributed by atoms with Gasteiger partial charge in [-0.3, -0.25) is 4.79 Å². The molecular weight excluding hydrogens is 170 g/mol. The van der Waals surface area contributed by atoms with E-state index >= 15 is 0 Å². The van der Waals surface area contributed by atoms with Gasteiger partial charge in [0.15, 0.2) is 0 Å². The van der Waals surface area contributed by atoms with E-state index < -0.39 is 0 Å². The largest absolute Gasteiger partial charge is 0.326 e. The Morgan fingerprint density at radius 1 is 1.83 bits per heavy atom. The molecule has 66 valence electrons. The molecule has 12 heavy (non-hydrogen) atoms. The molecule has 1 atom stereocenters. The highest BCUT2D eigenvalue weighted by molar-refractivity contribution is 7.81. The third kappa shape index (κ3) is 2.74. The number of rotatable bonds is 2. The van der Waals surface area contributed by atoms with Gasteiger partial charge in [-0.2, -0.15) is 12.6 Å². The van der Waals surface area contributed by atoms with Crippen LogP contribution in [0.5, 0.6) is 0 Å². The summed E-state index contributed by atoms with van der Waals surface area (Å²) in [5.74, 6) is 0.0588. The van der Waals surface area contributed by atoms with Crippen molar-refractivity contribution in [1.82, 2.24) is 5.32 Å². The van der Waals surface area contributed by atoms with Crippen LogP contribution in [0.1, 0.15) is 19.8 Å². The molecule has 0 spiro atoms. The molecular formula is C9H13NOS. The van der Waals surface area contributed by atoms with Gasteiger partial charge in [-0.1, -0.05) is 19.1 Å². The molecule has 1 unspecified atom stereocenters. The molecule has 0 saturated carbocycles. The van der Waals surface area contributed by atoms with Crippen molar-refractivity contribution in [3.63, 3.8) is 0 Å². The van der Waals surface area contributed by atoms with Crippen LogP contribution in [0, 0.1) is 0 Å². The van der Waals surface area contributed by atoms with E-state index in [-0.39, 0.29) is 5.91 Å². The van der Waals surface area contributed by atoms with E-state index in [1.165, 1.54) is 0 Å². The molecule has 0 aromatic carbocycles. The van der Waals surface area contributed by atoms with Crippen molar-refractivity contribution in [3.05, 3.63) is 23.9 Å². The maximum absolute atomic E-state index is 11.0. The molecule has 2 nitrogen and oxygen atoms in total. The van der Waals surface area contributed by atoms with Gasteiger partial charge in [-0.15, -0.1) is 0 Å². The monoisotopic (exact) mass is 183 g/mol. The van der Waals surface area contributed by atoms with Crippen LogP contribution in [0.25, 0.3) is 0 Å². The molecule has 0 heterocycles. The third-order valence-electron chi connectivity index (χ3n) is 1.68. The third-order valence-corrected chi connectivity index (χ3v) is 2.07. The number of carbonyl (C=O) groups excluding carboxylic acids is 1. The molecule has 0 aromatic heterocycles. The van der Waals surface area contributed by atoms with Gasteiger partial charge >= 0.3 is 0 Å². The van der Waals surface area contributed by atoms with E-state index in [0.29, 0.717) is 11.7 Å². The number of nitrogens with one attached hydrogen (secondary N) is 1. The number of thiol groups is 1. The van der Waals surface area contributed by atoms with E-state index in [1.807, 2.05) is 25.2 Å². The minimum atomic E-state index is 0.0588. The second-order valence-electron chi connectivity index (χ2n) is 2.72. The van der Waals surface area contributed by atoms with Crippen molar-refractivity contribution in [2.24, 2.45) is 0 Å². The number of allylic oxidation sites excluding steroid dienone is 2. The van der Waals surface area contributed by atoms with Crippen LogP contribution in [0.3, 0.4) is 0 Å². The van der Waals surface area contributed by atoms with Gasteiger partial charge in [0.2, 0.25) is 5.91 Å². The summed E-state index contributed by atoms with van der Waals surface area (Å²) in [7, 11) is 0. The predicted octanol–water partition coefficient (Wildman–Crippen LogP) is 1.65. The van der Waals surface area contributed by atoms with Crippen LogP contribution in [0.2, 0.25) is 0 Å². The van der Waals surface area contributed by atoms with Gasteiger partial charge < -0.3 is 5.32 Å². The molecule has 0 aliphatic heterocycles. The Hall–Kier alpha value is -0.700. The summed E-state index contributed by atoms with van der Waals surface area (Å²) >= 11 is 4.27. The van der Waals surface area contributed by atoms with Crippen LogP contribution in [0.4, 0.5) is 0 Å². The SMILES string of the molecule is CCC(=O)NC1=CCC(S)C=C1. The van der Waals surface area contributed by atoms with Crippen molar-refractivity contribution in [2.45, 2.75) is 25.0 Å². The summed E-state index contributed by atoms with van der Waals surface area (Å²) in [4.78, 5) is 11.0. The van der Waals surface area contributed by atoms with Crippen molar-refractivity contribution in [1.29, 1.82) is 0 Å². The Bertz CT molecular complexity index is 233. The summed E-state index contributed by atoms with van der Waals surface area (Å²) < 4.78 is 0. The Morgan fingerprint density at radius 2 is 2.58 bits per heavy atom. The second kappa shape index (κ2) is 4.36. The Balaban J connectivity index is 2.45. The topological polar surface area (TPSA) is 29.1 Å². The van der Waals surface area contributed by atoms with Crippen molar-refractivity contribution < 1.29 is 4.79 Å². The number of hydrogen-bond acceptors (Lipinski definition) is 2. The van der Waals surface area contributed by atoms with Crippen molar-refractivity contribution in [3.8, 4) is 0 Å². The van der Waals surface area contributed by atoms with Gasteiger partial charge in [0, 0.05) is 17.4 Å². The molecule has 0 saturated heterocycles. The van der Waals surface area contributed by atoms with Crippen LogP contribution in [-0.4, -0.2) is 11.2 Å². The molecule has 0 aromatic rings.